The molecule has 1 aliphatic heterocycles. The largest absolute Gasteiger partial charge is 0.497 e. The summed E-state index contributed by atoms with van der Waals surface area (Å²) in [4.78, 5) is 15.1. The van der Waals surface area contributed by atoms with E-state index in [1.807, 2.05) is 21.8 Å². The van der Waals surface area contributed by atoms with Gasteiger partial charge in [0.2, 0.25) is 0 Å². The number of carbonyl (C=O) groups excluding carboxylic acids is 1. The number of carbonyl (C=O) groups is 1. The molecule has 1 aromatic carbocycles. The minimum atomic E-state index is -0.112. The van der Waals surface area contributed by atoms with E-state index in [0.717, 1.165) is 12.8 Å². The zero-order valence-corrected chi connectivity index (χ0v) is 16.3. The van der Waals surface area contributed by atoms with Crippen LogP contribution in [-0.2, 0) is 11.3 Å². The van der Waals surface area contributed by atoms with Gasteiger partial charge in [-0.25, -0.2) is 0 Å². The standard InChI is InChI=1S/C20H28N4O4/c1-26-16-5-6-19(28-11-2-7-21)18(13-16)20(25)23-9-4-12-27-17(14-23)15-24-10-3-8-22-24/h3,5-6,8,10,13,17H,2,4,7,9,11-12,14-15,21H2,1H3/t17-/m0/s1. The summed E-state index contributed by atoms with van der Waals surface area (Å²) in [6, 6.07) is 7.17. The van der Waals surface area contributed by atoms with Crippen LogP contribution in [0.15, 0.2) is 36.7 Å². The van der Waals surface area contributed by atoms with Crippen molar-refractivity contribution in [3.05, 3.63) is 42.2 Å². The molecule has 2 heterocycles. The van der Waals surface area contributed by atoms with E-state index in [4.69, 9.17) is 19.9 Å². The molecular weight excluding hydrogens is 360 g/mol. The van der Waals surface area contributed by atoms with Crippen LogP contribution in [-0.4, -0.2) is 66.6 Å². The summed E-state index contributed by atoms with van der Waals surface area (Å²) in [7, 11) is 1.58. The van der Waals surface area contributed by atoms with E-state index in [2.05, 4.69) is 5.10 Å². The molecule has 1 fully saturated rings. The first kappa shape index (κ1) is 20.2. The minimum Gasteiger partial charge on any atom is -0.497 e. The summed E-state index contributed by atoms with van der Waals surface area (Å²) in [6.07, 6.45) is 5.03. The zero-order valence-electron chi connectivity index (χ0n) is 16.3. The van der Waals surface area contributed by atoms with E-state index >= 15 is 0 Å². The fraction of sp³-hybridized carbons (Fsp3) is 0.500. The highest BCUT2D eigenvalue weighted by atomic mass is 16.5. The molecule has 0 unspecified atom stereocenters. The van der Waals surface area contributed by atoms with Gasteiger partial charge >= 0.3 is 0 Å². The zero-order chi connectivity index (χ0) is 19.8. The third kappa shape index (κ3) is 5.24. The highest BCUT2D eigenvalue weighted by Crippen LogP contribution is 2.26. The van der Waals surface area contributed by atoms with Gasteiger partial charge in [0.1, 0.15) is 11.5 Å². The van der Waals surface area contributed by atoms with Crippen LogP contribution in [0.25, 0.3) is 0 Å². The van der Waals surface area contributed by atoms with Gasteiger partial charge in [0, 0.05) is 32.1 Å². The summed E-state index contributed by atoms with van der Waals surface area (Å²) in [6.45, 7) is 3.36. The van der Waals surface area contributed by atoms with Crippen molar-refractivity contribution in [3.63, 3.8) is 0 Å². The van der Waals surface area contributed by atoms with Crippen molar-refractivity contribution in [2.75, 3.05) is 40.0 Å². The van der Waals surface area contributed by atoms with Crippen molar-refractivity contribution in [2.24, 2.45) is 5.73 Å². The van der Waals surface area contributed by atoms with E-state index < -0.39 is 0 Å². The highest BCUT2D eigenvalue weighted by molar-refractivity contribution is 5.97. The molecule has 152 valence electrons. The molecule has 1 aromatic heterocycles. The maximum Gasteiger partial charge on any atom is 0.257 e. The number of hydrogen-bond donors (Lipinski definition) is 1. The second-order valence-corrected chi connectivity index (χ2v) is 6.68. The Morgan fingerprint density at radius 1 is 1.43 bits per heavy atom. The summed E-state index contributed by atoms with van der Waals surface area (Å²) in [5.74, 6) is 1.08. The van der Waals surface area contributed by atoms with Gasteiger partial charge in [0.05, 0.1) is 31.9 Å². The third-order valence-electron chi connectivity index (χ3n) is 4.61. The second-order valence-electron chi connectivity index (χ2n) is 6.68. The first-order valence-corrected chi connectivity index (χ1v) is 9.60. The molecular formula is C20H28N4O4. The Morgan fingerprint density at radius 3 is 3.07 bits per heavy atom. The molecule has 28 heavy (non-hydrogen) atoms. The number of rotatable bonds is 8. The average Bonchev–Trinajstić information content (AvgIpc) is 3.11. The lowest BCUT2D eigenvalue weighted by molar-refractivity contribution is 0.0366. The van der Waals surface area contributed by atoms with Crippen LogP contribution in [0.4, 0.5) is 0 Å². The topological polar surface area (TPSA) is 91.8 Å². The van der Waals surface area contributed by atoms with E-state index in [-0.39, 0.29) is 12.0 Å². The van der Waals surface area contributed by atoms with Crippen molar-refractivity contribution in [2.45, 2.75) is 25.5 Å². The minimum absolute atomic E-state index is 0.0855. The van der Waals surface area contributed by atoms with E-state index in [9.17, 15) is 4.79 Å². The number of ether oxygens (including phenoxy) is 3. The Labute approximate surface area is 165 Å². The third-order valence-corrected chi connectivity index (χ3v) is 4.61. The number of amides is 1. The average molecular weight is 388 g/mol. The van der Waals surface area contributed by atoms with Gasteiger partial charge in [-0.15, -0.1) is 0 Å². The molecule has 0 aliphatic carbocycles. The maximum atomic E-state index is 13.3. The van der Waals surface area contributed by atoms with E-state index in [1.165, 1.54) is 0 Å². The molecule has 2 N–H and O–H groups in total. The van der Waals surface area contributed by atoms with Crippen LogP contribution >= 0.6 is 0 Å². The summed E-state index contributed by atoms with van der Waals surface area (Å²) < 4.78 is 18.9. The molecule has 1 aliphatic rings. The van der Waals surface area contributed by atoms with Crippen molar-refractivity contribution in [1.82, 2.24) is 14.7 Å². The first-order valence-electron chi connectivity index (χ1n) is 9.60. The molecule has 1 saturated heterocycles. The summed E-state index contributed by atoms with van der Waals surface area (Å²) >= 11 is 0. The lowest BCUT2D eigenvalue weighted by atomic mass is 10.1. The maximum absolute atomic E-state index is 13.3. The van der Waals surface area contributed by atoms with Crippen LogP contribution in [0.5, 0.6) is 11.5 Å². The fourth-order valence-electron chi connectivity index (χ4n) is 3.17. The lowest BCUT2D eigenvalue weighted by Crippen LogP contribution is -2.38. The van der Waals surface area contributed by atoms with Gasteiger partial charge in [-0.1, -0.05) is 0 Å². The van der Waals surface area contributed by atoms with Crippen molar-refractivity contribution < 1.29 is 19.0 Å². The number of nitrogens with zero attached hydrogens (tertiary/aromatic N) is 3. The van der Waals surface area contributed by atoms with E-state index in [1.54, 1.807) is 31.5 Å². The molecule has 3 rings (SSSR count). The predicted octanol–water partition coefficient (Wildman–Crippen LogP) is 1.55. The predicted molar refractivity (Wildman–Crippen MR) is 105 cm³/mol. The van der Waals surface area contributed by atoms with Crippen LogP contribution in [0.1, 0.15) is 23.2 Å². The normalized spacial score (nSPS) is 17.2. The van der Waals surface area contributed by atoms with Crippen LogP contribution < -0.4 is 15.2 Å². The van der Waals surface area contributed by atoms with Gasteiger partial charge in [0.15, 0.2) is 0 Å². The monoisotopic (exact) mass is 388 g/mol. The van der Waals surface area contributed by atoms with Crippen LogP contribution in [0.3, 0.4) is 0 Å². The number of benzene rings is 1. The van der Waals surface area contributed by atoms with Crippen molar-refractivity contribution >= 4 is 5.91 Å². The van der Waals surface area contributed by atoms with Gasteiger partial charge in [-0.3, -0.25) is 9.48 Å². The Bertz CT molecular complexity index is 751. The molecule has 1 atom stereocenters. The Balaban J connectivity index is 1.76. The molecule has 2 aromatic rings. The molecule has 0 bridgehead atoms. The summed E-state index contributed by atoms with van der Waals surface area (Å²) in [5.41, 5.74) is 6.04. The highest BCUT2D eigenvalue weighted by Gasteiger charge is 2.26. The fourth-order valence-corrected chi connectivity index (χ4v) is 3.17. The first-order chi connectivity index (χ1) is 13.7. The Hall–Kier alpha value is -2.58. The number of methoxy groups -OCH3 is 1. The smallest absolute Gasteiger partial charge is 0.257 e. The second kappa shape index (κ2) is 10.1. The number of hydrogen-bond acceptors (Lipinski definition) is 6. The Kier molecular flexibility index (Phi) is 7.27. The number of aromatic nitrogens is 2. The van der Waals surface area contributed by atoms with Gasteiger partial charge < -0.3 is 24.8 Å². The molecule has 8 nitrogen and oxygen atoms in total. The molecule has 0 spiro atoms. The lowest BCUT2D eigenvalue weighted by Gasteiger charge is -2.25. The molecule has 1 amide bonds. The molecule has 0 radical (unpaired) electrons. The van der Waals surface area contributed by atoms with E-state index in [0.29, 0.717) is 56.5 Å². The van der Waals surface area contributed by atoms with Crippen LogP contribution in [0, 0.1) is 0 Å². The van der Waals surface area contributed by atoms with Crippen molar-refractivity contribution in [1.29, 1.82) is 0 Å². The van der Waals surface area contributed by atoms with Gasteiger partial charge in [0.25, 0.3) is 5.91 Å². The van der Waals surface area contributed by atoms with Crippen LogP contribution in [0.2, 0.25) is 0 Å². The van der Waals surface area contributed by atoms with Gasteiger partial charge in [-0.2, -0.15) is 5.10 Å². The Morgan fingerprint density at radius 2 is 2.32 bits per heavy atom. The molecule has 8 heteroatoms. The van der Waals surface area contributed by atoms with Crippen molar-refractivity contribution in [3.8, 4) is 11.5 Å². The SMILES string of the molecule is COc1ccc(OCCCN)c(C(=O)N2CCCO[C@H](Cn3cccn3)C2)c1. The summed E-state index contributed by atoms with van der Waals surface area (Å²) in [5, 5.41) is 4.23. The van der Waals surface area contributed by atoms with Gasteiger partial charge in [-0.05, 0) is 43.7 Å². The molecule has 0 saturated carbocycles. The quantitative estimate of drug-likeness (QED) is 0.690. The number of nitrogens with two attached hydrogens (primary N) is 1.